The van der Waals surface area contributed by atoms with Crippen LogP contribution in [-0.4, -0.2) is 4.98 Å². The van der Waals surface area contributed by atoms with E-state index < -0.39 is 0 Å². The fraction of sp³-hybridized carbons (Fsp3) is 0.158. The van der Waals surface area contributed by atoms with Gasteiger partial charge in [0, 0.05) is 24.0 Å². The number of nitrogens with zero attached hydrogens (tertiary/aromatic N) is 3. The monoisotopic (exact) mass is 290 g/mol. The normalized spacial score (nSPS) is 11.9. The number of rotatable bonds is 4. The summed E-state index contributed by atoms with van der Waals surface area (Å²) < 4.78 is 2.14. The van der Waals surface area contributed by atoms with Crippen LogP contribution in [0.3, 0.4) is 0 Å². The minimum Gasteiger partial charge on any atom is -0.264 e. The van der Waals surface area contributed by atoms with Gasteiger partial charge in [-0.15, -0.1) is 0 Å². The highest BCUT2D eigenvalue weighted by Crippen LogP contribution is 2.32. The molecule has 0 amide bonds. The Bertz CT molecular complexity index is 726. The van der Waals surface area contributed by atoms with Gasteiger partial charge in [-0.1, -0.05) is 30.3 Å². The lowest BCUT2D eigenvalue weighted by Gasteiger charge is -2.24. The van der Waals surface area contributed by atoms with Gasteiger partial charge in [0.25, 0.3) is 5.82 Å². The fourth-order valence-corrected chi connectivity index (χ4v) is 2.68. The second-order valence-corrected chi connectivity index (χ2v) is 5.34. The number of pyridine rings is 2. The molecule has 3 heteroatoms. The third kappa shape index (κ3) is 2.84. The quantitative estimate of drug-likeness (QED) is 0.681. The Kier molecular flexibility index (Phi) is 4.15. The largest absolute Gasteiger partial charge is 0.281 e. The zero-order chi connectivity index (χ0) is 15.4. The van der Waals surface area contributed by atoms with E-state index in [0.29, 0.717) is 0 Å². The van der Waals surface area contributed by atoms with Crippen LogP contribution in [0.15, 0.2) is 79.3 Å². The molecule has 0 saturated heterocycles. The summed E-state index contributed by atoms with van der Waals surface area (Å²) >= 11 is 0. The third-order valence-electron chi connectivity index (χ3n) is 3.86. The highest BCUT2D eigenvalue weighted by molar-refractivity contribution is 5.59. The summed E-state index contributed by atoms with van der Waals surface area (Å²) in [7, 11) is 2.07. The summed E-state index contributed by atoms with van der Waals surface area (Å²) in [5.74, 6) is 1.14. The molecule has 1 atom stereocenters. The molecular weight excluding hydrogens is 270 g/mol. The molecule has 22 heavy (non-hydrogen) atoms. The summed E-state index contributed by atoms with van der Waals surface area (Å²) in [5.41, 5.74) is 2.36. The van der Waals surface area contributed by atoms with Gasteiger partial charge < -0.3 is 0 Å². The average molecular weight is 290 g/mol. The molecule has 0 aliphatic heterocycles. The lowest BCUT2D eigenvalue weighted by Crippen LogP contribution is -2.37. The maximum absolute atomic E-state index is 4.26. The van der Waals surface area contributed by atoms with Gasteiger partial charge in [-0.2, -0.15) is 0 Å². The second-order valence-electron chi connectivity index (χ2n) is 5.34. The van der Waals surface area contributed by atoms with Gasteiger partial charge in [0.05, 0.1) is 13.2 Å². The van der Waals surface area contributed by atoms with Gasteiger partial charge in [-0.25, -0.2) is 9.47 Å². The van der Waals surface area contributed by atoms with Crippen molar-refractivity contribution < 1.29 is 4.57 Å². The summed E-state index contributed by atoms with van der Waals surface area (Å²) in [6.45, 7) is 2.21. The van der Waals surface area contributed by atoms with Crippen LogP contribution in [-0.2, 0) is 7.05 Å². The first kappa shape index (κ1) is 14.3. The van der Waals surface area contributed by atoms with Gasteiger partial charge in [0.15, 0.2) is 0 Å². The Labute approximate surface area is 131 Å². The van der Waals surface area contributed by atoms with E-state index in [1.165, 1.54) is 11.3 Å². The van der Waals surface area contributed by atoms with E-state index >= 15 is 0 Å². The lowest BCUT2D eigenvalue weighted by atomic mass is 10.1. The van der Waals surface area contributed by atoms with E-state index in [0.717, 1.165) is 5.82 Å². The van der Waals surface area contributed by atoms with E-state index in [1.807, 2.05) is 30.6 Å². The molecular formula is C19H20N3+. The van der Waals surface area contributed by atoms with Crippen molar-refractivity contribution in [2.24, 2.45) is 7.05 Å². The molecule has 0 aliphatic rings. The number of benzene rings is 1. The summed E-state index contributed by atoms with van der Waals surface area (Å²) in [5, 5.41) is 0. The van der Waals surface area contributed by atoms with Crippen LogP contribution in [0.1, 0.15) is 18.5 Å². The molecule has 0 aliphatic carbocycles. The second kappa shape index (κ2) is 6.39. The molecule has 0 bridgehead atoms. The standard InChI is InChI=1S/C19H20N3/c1-16(17-9-8-13-20-15-17)22(18-10-4-3-5-11-18)19-12-6-7-14-21(19)2/h3-16H,1-2H3/q+1. The number of aromatic nitrogens is 2. The van der Waals surface area contributed by atoms with Gasteiger partial charge in [-0.3, -0.25) is 4.98 Å². The van der Waals surface area contributed by atoms with Crippen LogP contribution in [0.2, 0.25) is 0 Å². The average Bonchev–Trinajstić information content (AvgIpc) is 2.58. The van der Waals surface area contributed by atoms with Gasteiger partial charge >= 0.3 is 0 Å². The van der Waals surface area contributed by atoms with E-state index in [1.54, 1.807) is 0 Å². The van der Waals surface area contributed by atoms with Crippen molar-refractivity contribution in [3.8, 4) is 0 Å². The molecule has 0 saturated carbocycles. The minimum absolute atomic E-state index is 0.185. The van der Waals surface area contributed by atoms with Crippen molar-refractivity contribution in [1.82, 2.24) is 4.98 Å². The molecule has 1 aromatic carbocycles. The Morgan fingerprint density at radius 1 is 0.955 bits per heavy atom. The van der Waals surface area contributed by atoms with Crippen molar-refractivity contribution in [1.29, 1.82) is 0 Å². The molecule has 0 fully saturated rings. The number of hydrogen-bond donors (Lipinski definition) is 0. The molecule has 0 spiro atoms. The van der Waals surface area contributed by atoms with Crippen LogP contribution in [0.5, 0.6) is 0 Å². The fourth-order valence-electron chi connectivity index (χ4n) is 2.68. The molecule has 3 aromatic rings. The predicted octanol–water partition coefficient (Wildman–Crippen LogP) is 3.81. The molecule has 2 heterocycles. The Morgan fingerprint density at radius 2 is 1.73 bits per heavy atom. The molecule has 3 rings (SSSR count). The molecule has 3 nitrogen and oxygen atoms in total. The minimum atomic E-state index is 0.185. The predicted molar refractivity (Wildman–Crippen MR) is 88.9 cm³/mol. The SMILES string of the molecule is CC(c1cccnc1)N(c1ccccc1)c1cccc[n+]1C. The molecule has 0 N–H and O–H groups in total. The van der Waals surface area contributed by atoms with Crippen molar-refractivity contribution in [3.05, 3.63) is 84.8 Å². The van der Waals surface area contributed by atoms with E-state index in [9.17, 15) is 0 Å². The van der Waals surface area contributed by atoms with Crippen molar-refractivity contribution in [3.63, 3.8) is 0 Å². The van der Waals surface area contributed by atoms with Crippen molar-refractivity contribution in [2.75, 3.05) is 4.90 Å². The van der Waals surface area contributed by atoms with Crippen molar-refractivity contribution in [2.45, 2.75) is 13.0 Å². The topological polar surface area (TPSA) is 20.0 Å². The number of hydrogen-bond acceptors (Lipinski definition) is 2. The maximum atomic E-state index is 4.26. The van der Waals surface area contributed by atoms with Gasteiger partial charge in [0.1, 0.15) is 11.7 Å². The number of para-hydroxylation sites is 1. The van der Waals surface area contributed by atoms with Crippen LogP contribution in [0.4, 0.5) is 11.5 Å². The first-order chi connectivity index (χ1) is 10.8. The van der Waals surface area contributed by atoms with Crippen molar-refractivity contribution >= 4 is 11.5 Å². The summed E-state index contributed by atoms with van der Waals surface area (Å²) in [4.78, 5) is 6.59. The van der Waals surface area contributed by atoms with Crippen LogP contribution in [0, 0.1) is 0 Å². The van der Waals surface area contributed by atoms with E-state index in [-0.39, 0.29) is 6.04 Å². The van der Waals surface area contributed by atoms with Gasteiger partial charge in [-0.05, 0) is 31.2 Å². The third-order valence-corrected chi connectivity index (χ3v) is 3.86. The maximum Gasteiger partial charge on any atom is 0.281 e. The molecule has 110 valence electrons. The van der Waals surface area contributed by atoms with E-state index in [4.69, 9.17) is 0 Å². The van der Waals surface area contributed by atoms with E-state index in [2.05, 4.69) is 77.1 Å². The highest BCUT2D eigenvalue weighted by Gasteiger charge is 2.27. The smallest absolute Gasteiger partial charge is 0.264 e. The first-order valence-corrected chi connectivity index (χ1v) is 7.46. The zero-order valence-electron chi connectivity index (χ0n) is 12.9. The highest BCUT2D eigenvalue weighted by atomic mass is 15.2. The van der Waals surface area contributed by atoms with Crippen LogP contribution >= 0.6 is 0 Å². The molecule has 0 radical (unpaired) electrons. The number of aryl methyl sites for hydroxylation is 1. The number of anilines is 2. The Hall–Kier alpha value is -2.68. The summed E-state index contributed by atoms with van der Waals surface area (Å²) in [6.07, 6.45) is 5.82. The van der Waals surface area contributed by atoms with Crippen LogP contribution in [0.25, 0.3) is 0 Å². The Balaban J connectivity index is 2.10. The lowest BCUT2D eigenvalue weighted by molar-refractivity contribution is -0.658. The molecule has 1 unspecified atom stereocenters. The van der Waals surface area contributed by atoms with Gasteiger partial charge in [0.2, 0.25) is 0 Å². The molecule has 2 aromatic heterocycles. The first-order valence-electron chi connectivity index (χ1n) is 7.46. The zero-order valence-corrected chi connectivity index (χ0v) is 12.9. The Morgan fingerprint density at radius 3 is 2.41 bits per heavy atom. The summed E-state index contributed by atoms with van der Waals surface area (Å²) in [6, 6.07) is 21.0. The van der Waals surface area contributed by atoms with Crippen LogP contribution < -0.4 is 9.47 Å².